The molecule has 2 aromatic rings. The van der Waals surface area contributed by atoms with E-state index in [1.165, 1.54) is 0 Å². The van der Waals surface area contributed by atoms with Gasteiger partial charge in [0.25, 0.3) is 11.8 Å². The molecule has 7 nitrogen and oxygen atoms in total. The first kappa shape index (κ1) is 19.1. The SMILES string of the molecule is CCOc1ccc(OCC)c(NC(=O)c2ccc(OCC(N)=O)cc2)c1. The van der Waals surface area contributed by atoms with E-state index in [4.69, 9.17) is 19.9 Å². The molecule has 0 fully saturated rings. The van der Waals surface area contributed by atoms with E-state index in [0.29, 0.717) is 41.7 Å². The van der Waals surface area contributed by atoms with E-state index in [1.807, 2.05) is 13.8 Å². The van der Waals surface area contributed by atoms with Crippen LogP contribution in [0.2, 0.25) is 0 Å². The summed E-state index contributed by atoms with van der Waals surface area (Å²) in [6, 6.07) is 11.6. The third kappa shape index (κ3) is 5.41. The van der Waals surface area contributed by atoms with Gasteiger partial charge in [-0.2, -0.15) is 0 Å². The van der Waals surface area contributed by atoms with Crippen molar-refractivity contribution in [2.45, 2.75) is 13.8 Å². The van der Waals surface area contributed by atoms with Crippen LogP contribution in [0.1, 0.15) is 24.2 Å². The van der Waals surface area contributed by atoms with Crippen LogP contribution in [0.5, 0.6) is 17.2 Å². The Morgan fingerprint density at radius 2 is 1.58 bits per heavy atom. The smallest absolute Gasteiger partial charge is 0.255 e. The highest BCUT2D eigenvalue weighted by Gasteiger charge is 2.12. The zero-order valence-corrected chi connectivity index (χ0v) is 14.8. The van der Waals surface area contributed by atoms with E-state index in [1.54, 1.807) is 42.5 Å². The Kier molecular flexibility index (Phi) is 6.84. The summed E-state index contributed by atoms with van der Waals surface area (Å²) in [7, 11) is 0. The van der Waals surface area contributed by atoms with Crippen molar-refractivity contribution >= 4 is 17.5 Å². The fraction of sp³-hybridized carbons (Fsp3) is 0.263. The zero-order chi connectivity index (χ0) is 18.9. The third-order valence-electron chi connectivity index (χ3n) is 3.31. The van der Waals surface area contributed by atoms with Crippen molar-refractivity contribution in [2.75, 3.05) is 25.1 Å². The van der Waals surface area contributed by atoms with Gasteiger partial charge in [0.2, 0.25) is 0 Å². The average Bonchev–Trinajstić information content (AvgIpc) is 2.63. The number of nitrogens with two attached hydrogens (primary N) is 1. The molecule has 0 spiro atoms. The van der Waals surface area contributed by atoms with Crippen molar-refractivity contribution in [3.63, 3.8) is 0 Å². The zero-order valence-electron chi connectivity index (χ0n) is 14.8. The van der Waals surface area contributed by atoms with Crippen molar-refractivity contribution in [3.05, 3.63) is 48.0 Å². The molecule has 0 aromatic heterocycles. The molecule has 2 amide bonds. The lowest BCUT2D eigenvalue weighted by atomic mass is 10.2. The summed E-state index contributed by atoms with van der Waals surface area (Å²) in [4.78, 5) is 23.2. The van der Waals surface area contributed by atoms with Crippen molar-refractivity contribution < 1.29 is 23.8 Å². The number of nitrogens with one attached hydrogen (secondary N) is 1. The van der Waals surface area contributed by atoms with E-state index in [-0.39, 0.29) is 12.5 Å². The van der Waals surface area contributed by atoms with Gasteiger partial charge < -0.3 is 25.3 Å². The summed E-state index contributed by atoms with van der Waals surface area (Å²) in [5.41, 5.74) is 5.98. The predicted octanol–water partition coefficient (Wildman–Crippen LogP) is 2.60. The molecule has 0 bridgehead atoms. The van der Waals surface area contributed by atoms with Crippen LogP contribution in [-0.2, 0) is 4.79 Å². The van der Waals surface area contributed by atoms with Crippen LogP contribution in [0.25, 0.3) is 0 Å². The van der Waals surface area contributed by atoms with Gasteiger partial charge in [0.15, 0.2) is 6.61 Å². The van der Waals surface area contributed by atoms with Crippen LogP contribution in [0.3, 0.4) is 0 Å². The molecule has 0 radical (unpaired) electrons. The molecule has 0 saturated heterocycles. The highest BCUT2D eigenvalue weighted by molar-refractivity contribution is 6.05. The lowest BCUT2D eigenvalue weighted by Gasteiger charge is -2.13. The van der Waals surface area contributed by atoms with Crippen LogP contribution in [-0.4, -0.2) is 31.6 Å². The minimum Gasteiger partial charge on any atom is -0.494 e. The minimum absolute atomic E-state index is 0.215. The minimum atomic E-state index is -0.565. The van der Waals surface area contributed by atoms with Gasteiger partial charge in [-0.15, -0.1) is 0 Å². The maximum Gasteiger partial charge on any atom is 0.255 e. The largest absolute Gasteiger partial charge is 0.494 e. The number of anilines is 1. The maximum absolute atomic E-state index is 12.5. The number of primary amides is 1. The first-order valence-electron chi connectivity index (χ1n) is 8.25. The van der Waals surface area contributed by atoms with Gasteiger partial charge >= 0.3 is 0 Å². The second-order valence-corrected chi connectivity index (χ2v) is 5.26. The molecular formula is C19H22N2O5. The van der Waals surface area contributed by atoms with Crippen molar-refractivity contribution in [3.8, 4) is 17.2 Å². The fourth-order valence-corrected chi connectivity index (χ4v) is 2.20. The summed E-state index contributed by atoms with van der Waals surface area (Å²) in [6.45, 7) is 4.54. The summed E-state index contributed by atoms with van der Waals surface area (Å²) in [6.07, 6.45) is 0. The fourth-order valence-electron chi connectivity index (χ4n) is 2.20. The van der Waals surface area contributed by atoms with Crippen LogP contribution in [0, 0.1) is 0 Å². The highest BCUT2D eigenvalue weighted by Crippen LogP contribution is 2.30. The summed E-state index contributed by atoms with van der Waals surface area (Å²) in [5.74, 6) is 0.784. The van der Waals surface area contributed by atoms with Gasteiger partial charge in [-0.25, -0.2) is 0 Å². The molecule has 138 valence electrons. The number of ether oxygens (including phenoxy) is 3. The molecule has 0 saturated carbocycles. The van der Waals surface area contributed by atoms with Gasteiger partial charge in [0.1, 0.15) is 17.2 Å². The maximum atomic E-state index is 12.5. The molecule has 0 heterocycles. The van der Waals surface area contributed by atoms with Crippen LogP contribution < -0.4 is 25.3 Å². The lowest BCUT2D eigenvalue weighted by Crippen LogP contribution is -2.20. The van der Waals surface area contributed by atoms with Gasteiger partial charge in [0, 0.05) is 11.6 Å². The topological polar surface area (TPSA) is 99.9 Å². The van der Waals surface area contributed by atoms with Gasteiger partial charge in [-0.05, 0) is 50.2 Å². The predicted molar refractivity (Wildman–Crippen MR) is 97.9 cm³/mol. The quantitative estimate of drug-likeness (QED) is 0.718. The third-order valence-corrected chi connectivity index (χ3v) is 3.31. The summed E-state index contributed by atoms with van der Waals surface area (Å²) in [5, 5.41) is 2.82. The second kappa shape index (κ2) is 9.31. The molecule has 0 aliphatic carbocycles. The van der Waals surface area contributed by atoms with E-state index >= 15 is 0 Å². The number of benzene rings is 2. The normalized spacial score (nSPS) is 10.1. The molecule has 26 heavy (non-hydrogen) atoms. The number of rotatable bonds is 9. The number of hydrogen-bond acceptors (Lipinski definition) is 5. The van der Waals surface area contributed by atoms with Gasteiger partial charge in [-0.1, -0.05) is 0 Å². The Labute approximate surface area is 152 Å². The monoisotopic (exact) mass is 358 g/mol. The second-order valence-electron chi connectivity index (χ2n) is 5.26. The molecule has 7 heteroatoms. The van der Waals surface area contributed by atoms with Crippen molar-refractivity contribution in [2.24, 2.45) is 5.73 Å². The number of amides is 2. The Morgan fingerprint density at radius 1 is 0.923 bits per heavy atom. The first-order valence-corrected chi connectivity index (χ1v) is 8.25. The molecule has 3 N–H and O–H groups in total. The van der Waals surface area contributed by atoms with Gasteiger partial charge in [0.05, 0.1) is 18.9 Å². The Bertz CT molecular complexity index is 759. The average molecular weight is 358 g/mol. The number of carbonyl (C=O) groups excluding carboxylic acids is 2. The Morgan fingerprint density at radius 3 is 2.19 bits per heavy atom. The molecule has 0 unspecified atom stereocenters. The van der Waals surface area contributed by atoms with Crippen LogP contribution in [0.15, 0.2) is 42.5 Å². The van der Waals surface area contributed by atoms with E-state index < -0.39 is 5.91 Å². The highest BCUT2D eigenvalue weighted by atomic mass is 16.5. The first-order chi connectivity index (χ1) is 12.5. The molecule has 0 aliphatic heterocycles. The van der Waals surface area contributed by atoms with E-state index in [9.17, 15) is 9.59 Å². The standard InChI is InChI=1S/C19H22N2O5/c1-3-24-15-9-10-17(25-4-2)16(11-15)21-19(23)13-5-7-14(8-6-13)26-12-18(20)22/h5-11H,3-4,12H2,1-2H3,(H2,20,22)(H,21,23). The summed E-state index contributed by atoms with van der Waals surface area (Å²) < 4.78 is 16.2. The van der Waals surface area contributed by atoms with Crippen molar-refractivity contribution in [1.82, 2.24) is 0 Å². The lowest BCUT2D eigenvalue weighted by molar-refractivity contribution is -0.119. The Balaban J connectivity index is 2.12. The molecule has 2 aromatic carbocycles. The Hall–Kier alpha value is -3.22. The molecule has 2 rings (SSSR count). The summed E-state index contributed by atoms with van der Waals surface area (Å²) >= 11 is 0. The number of hydrogen-bond donors (Lipinski definition) is 2. The van der Waals surface area contributed by atoms with E-state index in [2.05, 4.69) is 5.32 Å². The van der Waals surface area contributed by atoms with Crippen LogP contribution in [0.4, 0.5) is 5.69 Å². The van der Waals surface area contributed by atoms with Crippen LogP contribution >= 0.6 is 0 Å². The van der Waals surface area contributed by atoms with E-state index in [0.717, 1.165) is 0 Å². The molecule has 0 aliphatic rings. The van der Waals surface area contributed by atoms with Crippen molar-refractivity contribution in [1.29, 1.82) is 0 Å². The van der Waals surface area contributed by atoms with Gasteiger partial charge in [-0.3, -0.25) is 9.59 Å². The molecular weight excluding hydrogens is 336 g/mol. The number of carbonyl (C=O) groups is 2. The molecule has 0 atom stereocenters.